The molecule has 7 heteroatoms. The van der Waals surface area contributed by atoms with Crippen LogP contribution in [0.2, 0.25) is 0 Å². The highest BCUT2D eigenvalue weighted by Gasteiger charge is 2.23. The molecule has 0 amide bonds. The number of aromatic nitrogens is 7. The second-order valence-electron chi connectivity index (χ2n) is 15.8. The van der Waals surface area contributed by atoms with Gasteiger partial charge in [0.25, 0.3) is 0 Å². The van der Waals surface area contributed by atoms with E-state index in [-0.39, 0.29) is 0 Å². The van der Waals surface area contributed by atoms with Crippen molar-refractivity contribution in [3.63, 3.8) is 0 Å². The summed E-state index contributed by atoms with van der Waals surface area (Å²) < 4.78 is 4.80. The molecule has 4 aromatic heterocycles. The molecule has 0 saturated carbocycles. The van der Waals surface area contributed by atoms with Crippen molar-refractivity contribution in [2.75, 3.05) is 0 Å². The topological polar surface area (TPSA) is 74.3 Å². The number of benzene rings is 9. The highest BCUT2D eigenvalue weighted by Crippen LogP contribution is 2.44. The van der Waals surface area contributed by atoms with Crippen LogP contribution < -0.4 is 0 Å². The third kappa shape index (κ3) is 5.35. The van der Waals surface area contributed by atoms with E-state index in [2.05, 4.69) is 137 Å². The third-order valence-electron chi connectivity index (χ3n) is 12.2. The minimum Gasteiger partial charge on any atom is -0.307 e. The average Bonchev–Trinajstić information content (AvgIpc) is 3.84. The molecule has 0 saturated heterocycles. The van der Waals surface area contributed by atoms with Crippen LogP contribution in [0.5, 0.6) is 0 Å². The van der Waals surface area contributed by atoms with E-state index < -0.39 is 0 Å². The van der Waals surface area contributed by atoms with Gasteiger partial charge >= 0.3 is 0 Å². The predicted molar refractivity (Wildman–Crippen MR) is 253 cm³/mol. The zero-order valence-electron chi connectivity index (χ0n) is 33.2. The third-order valence-corrected chi connectivity index (χ3v) is 12.2. The minimum absolute atomic E-state index is 0.406. The van der Waals surface area contributed by atoms with Crippen LogP contribution >= 0.6 is 0 Å². The summed E-state index contributed by atoms with van der Waals surface area (Å²) in [5.74, 6) is 1.95. The van der Waals surface area contributed by atoms with Crippen LogP contribution in [0.4, 0.5) is 0 Å². The molecule has 9 aromatic carbocycles. The Morgan fingerprint density at radius 3 is 1.23 bits per heavy atom. The Balaban J connectivity index is 1.10. The molecule has 4 heterocycles. The number of hydrogen-bond donors (Lipinski definition) is 0. The van der Waals surface area contributed by atoms with E-state index in [1.165, 1.54) is 37.7 Å². The molecule has 0 N–H and O–H groups in total. The zero-order valence-corrected chi connectivity index (χ0v) is 33.2. The minimum atomic E-state index is 0.406. The normalized spacial score (nSPS) is 11.9. The van der Waals surface area contributed by atoms with E-state index in [0.717, 1.165) is 60.7 Å². The molecular formula is C55H33N7. The van der Waals surface area contributed by atoms with E-state index >= 15 is 0 Å². The molecule has 288 valence electrons. The molecule has 0 atom stereocenters. The first kappa shape index (κ1) is 34.3. The van der Waals surface area contributed by atoms with Gasteiger partial charge in [-0.15, -0.1) is 0 Å². The fourth-order valence-corrected chi connectivity index (χ4v) is 9.28. The van der Waals surface area contributed by atoms with Gasteiger partial charge < -0.3 is 9.13 Å². The quantitative estimate of drug-likeness (QED) is 0.174. The van der Waals surface area contributed by atoms with Gasteiger partial charge in [-0.25, -0.2) is 24.9 Å². The molecule has 0 unspecified atom stereocenters. The number of rotatable bonds is 5. The first-order valence-corrected chi connectivity index (χ1v) is 20.7. The molecule has 0 aliphatic carbocycles. The summed E-state index contributed by atoms with van der Waals surface area (Å²) in [6.07, 6.45) is 3.81. The van der Waals surface area contributed by atoms with Crippen molar-refractivity contribution in [3.05, 3.63) is 200 Å². The smallest absolute Gasteiger partial charge is 0.201 e. The average molecular weight is 792 g/mol. The van der Waals surface area contributed by atoms with Crippen LogP contribution in [0, 0.1) is 0 Å². The molecule has 7 nitrogen and oxygen atoms in total. The van der Waals surface area contributed by atoms with E-state index in [0.29, 0.717) is 23.3 Å². The van der Waals surface area contributed by atoms with Gasteiger partial charge in [-0.05, 0) is 68.7 Å². The lowest BCUT2D eigenvalue weighted by atomic mass is 10.0. The molecule has 0 bridgehead atoms. The fourth-order valence-electron chi connectivity index (χ4n) is 9.28. The summed E-state index contributed by atoms with van der Waals surface area (Å²) in [6, 6.07) is 66.4. The van der Waals surface area contributed by atoms with Gasteiger partial charge in [0, 0.05) is 38.4 Å². The number of nitrogens with zero attached hydrogens (tertiary/aromatic N) is 7. The van der Waals surface area contributed by atoms with Gasteiger partial charge in [0.05, 0.1) is 40.1 Å². The van der Waals surface area contributed by atoms with E-state index in [1.807, 2.05) is 73.1 Å². The van der Waals surface area contributed by atoms with Gasteiger partial charge in [-0.3, -0.25) is 0 Å². The Morgan fingerprint density at radius 2 is 0.710 bits per heavy atom. The maximum Gasteiger partial charge on any atom is 0.201 e. The summed E-state index contributed by atoms with van der Waals surface area (Å²) in [5.41, 5.74) is 8.12. The maximum absolute atomic E-state index is 5.03. The van der Waals surface area contributed by atoms with Crippen LogP contribution in [-0.2, 0) is 0 Å². The summed E-state index contributed by atoms with van der Waals surface area (Å²) in [4.78, 5) is 24.8. The predicted octanol–water partition coefficient (Wildman–Crippen LogP) is 13.3. The molecule has 13 rings (SSSR count). The molecule has 13 aromatic rings. The Kier molecular flexibility index (Phi) is 7.47. The summed E-state index contributed by atoms with van der Waals surface area (Å²) >= 11 is 0. The van der Waals surface area contributed by atoms with Gasteiger partial charge in [0.15, 0.2) is 17.5 Å². The lowest BCUT2D eigenvalue weighted by Gasteiger charge is -2.13. The monoisotopic (exact) mass is 791 g/mol. The first-order valence-electron chi connectivity index (χ1n) is 20.7. The second-order valence-corrected chi connectivity index (χ2v) is 15.8. The van der Waals surface area contributed by atoms with Crippen molar-refractivity contribution in [1.29, 1.82) is 0 Å². The lowest BCUT2D eigenvalue weighted by Crippen LogP contribution is -2.04. The Hall–Kier alpha value is -8.55. The van der Waals surface area contributed by atoms with E-state index in [9.17, 15) is 0 Å². The van der Waals surface area contributed by atoms with Crippen molar-refractivity contribution >= 4 is 75.9 Å². The van der Waals surface area contributed by atoms with E-state index in [1.54, 1.807) is 0 Å². The first-order chi connectivity index (χ1) is 30.7. The van der Waals surface area contributed by atoms with Crippen molar-refractivity contribution in [2.45, 2.75) is 0 Å². The van der Waals surface area contributed by atoms with Crippen molar-refractivity contribution < 1.29 is 0 Å². The Morgan fingerprint density at radius 1 is 0.290 bits per heavy atom. The lowest BCUT2D eigenvalue weighted by molar-refractivity contribution is 1.01. The van der Waals surface area contributed by atoms with Crippen LogP contribution in [0.25, 0.3) is 122 Å². The SMILES string of the molecule is c1ccc(-c2nc(-c3ccccc3)nc(-c3ncc(-n4c5cc6ccccc6cc5c5ccc6c7cc8ccccc8cc7n(-c7ccc8ccccc8c7)c6c54)cn3)n2)cc1. The van der Waals surface area contributed by atoms with Gasteiger partial charge in [-0.1, -0.05) is 152 Å². The van der Waals surface area contributed by atoms with E-state index in [4.69, 9.17) is 24.9 Å². The zero-order chi connectivity index (χ0) is 40.7. The molecule has 0 aliphatic heterocycles. The molecular weight excluding hydrogens is 759 g/mol. The second kappa shape index (κ2) is 13.5. The Labute approximate surface area is 354 Å². The largest absolute Gasteiger partial charge is 0.307 e. The number of fused-ring (bicyclic) bond motifs is 10. The highest BCUT2D eigenvalue weighted by molar-refractivity contribution is 6.26. The van der Waals surface area contributed by atoms with Gasteiger partial charge in [-0.2, -0.15) is 0 Å². The summed E-state index contributed by atoms with van der Waals surface area (Å²) in [7, 11) is 0. The van der Waals surface area contributed by atoms with Crippen LogP contribution in [0.15, 0.2) is 200 Å². The maximum atomic E-state index is 5.03. The molecule has 62 heavy (non-hydrogen) atoms. The van der Waals surface area contributed by atoms with Gasteiger partial charge in [0.1, 0.15) is 0 Å². The van der Waals surface area contributed by atoms with Crippen molar-refractivity contribution in [1.82, 2.24) is 34.1 Å². The summed E-state index contributed by atoms with van der Waals surface area (Å²) in [5, 5.41) is 11.8. The summed E-state index contributed by atoms with van der Waals surface area (Å²) in [6.45, 7) is 0. The fraction of sp³-hybridized carbons (Fsp3) is 0. The van der Waals surface area contributed by atoms with Crippen LogP contribution in [0.3, 0.4) is 0 Å². The molecule has 0 spiro atoms. The molecule has 0 fully saturated rings. The van der Waals surface area contributed by atoms with Gasteiger partial charge in [0.2, 0.25) is 5.82 Å². The molecule has 0 radical (unpaired) electrons. The van der Waals surface area contributed by atoms with Crippen LogP contribution in [0.1, 0.15) is 0 Å². The Bertz CT molecular complexity index is 3850. The molecule has 0 aliphatic rings. The van der Waals surface area contributed by atoms with Crippen LogP contribution in [-0.4, -0.2) is 34.1 Å². The van der Waals surface area contributed by atoms with Crippen molar-refractivity contribution in [3.8, 4) is 45.8 Å². The number of hydrogen-bond acceptors (Lipinski definition) is 5. The standard InChI is InChI=1S/C55H33N7/c1-3-14-35(15-4-1)52-58-53(36-16-5-2-6-17-36)60-55(59-52)54-56-32-43(33-57-54)62-49-31-41-22-12-10-20-39(41)29-47(49)45-26-25-44-46-28-38-19-9-11-21-40(38)30-48(46)61(50(44)51(45)62)42-24-23-34-13-7-8-18-37(34)27-42/h1-33H. The highest BCUT2D eigenvalue weighted by atomic mass is 15.1. The van der Waals surface area contributed by atoms with Crippen molar-refractivity contribution in [2.24, 2.45) is 0 Å².